The third-order valence-corrected chi connectivity index (χ3v) is 11.0. The van der Waals surface area contributed by atoms with E-state index in [0.29, 0.717) is 17.0 Å². The van der Waals surface area contributed by atoms with Gasteiger partial charge in [0.15, 0.2) is 0 Å². The SMILES string of the molecule is CC(C)[P+](c1cccc(-c2cnccn2)c1)(C(C)C)C(C)C. The molecule has 0 saturated heterocycles. The Kier molecular flexibility index (Phi) is 5.34. The van der Waals surface area contributed by atoms with E-state index in [1.807, 2.05) is 6.20 Å². The van der Waals surface area contributed by atoms with Crippen LogP contribution < -0.4 is 5.30 Å². The molecule has 0 bridgehead atoms. The summed E-state index contributed by atoms with van der Waals surface area (Å²) in [6.07, 6.45) is 5.33. The Hall–Kier alpha value is -1.27. The Morgan fingerprint density at radius 1 is 0.864 bits per heavy atom. The van der Waals surface area contributed by atoms with E-state index < -0.39 is 7.26 Å². The van der Waals surface area contributed by atoms with Gasteiger partial charge < -0.3 is 0 Å². The van der Waals surface area contributed by atoms with Crippen LogP contribution in [0, 0.1) is 0 Å². The van der Waals surface area contributed by atoms with Gasteiger partial charge in [-0.2, -0.15) is 0 Å². The van der Waals surface area contributed by atoms with E-state index in [-0.39, 0.29) is 0 Å². The molecule has 0 aliphatic heterocycles. The van der Waals surface area contributed by atoms with E-state index in [1.165, 1.54) is 10.9 Å². The Morgan fingerprint density at radius 2 is 1.50 bits per heavy atom. The Labute approximate surface area is 135 Å². The number of rotatable bonds is 5. The lowest BCUT2D eigenvalue weighted by Crippen LogP contribution is -2.32. The average Bonchev–Trinajstić information content (AvgIpc) is 2.48. The summed E-state index contributed by atoms with van der Waals surface area (Å²) in [6, 6.07) is 9.01. The van der Waals surface area contributed by atoms with Crippen molar-refractivity contribution in [3.63, 3.8) is 0 Å². The van der Waals surface area contributed by atoms with Gasteiger partial charge in [0, 0.05) is 18.0 Å². The summed E-state index contributed by atoms with van der Waals surface area (Å²) in [7, 11) is -1.26. The molecular formula is C19H28N2P+. The largest absolute Gasteiger partial charge is 0.261 e. The van der Waals surface area contributed by atoms with E-state index in [0.717, 1.165) is 5.69 Å². The van der Waals surface area contributed by atoms with Crippen molar-refractivity contribution < 1.29 is 0 Å². The fraction of sp³-hybridized carbons (Fsp3) is 0.474. The lowest BCUT2D eigenvalue weighted by molar-refractivity contribution is 0.927. The molecule has 2 rings (SSSR count). The summed E-state index contributed by atoms with van der Waals surface area (Å²) in [5.74, 6) is 0. The Balaban J connectivity index is 2.59. The molecule has 0 aliphatic carbocycles. The van der Waals surface area contributed by atoms with Gasteiger partial charge in [-0.25, -0.2) is 0 Å². The van der Waals surface area contributed by atoms with Gasteiger partial charge in [-0.05, 0) is 53.7 Å². The molecule has 1 heterocycles. The van der Waals surface area contributed by atoms with E-state index in [1.54, 1.807) is 12.4 Å². The van der Waals surface area contributed by atoms with Crippen molar-refractivity contribution in [1.82, 2.24) is 9.97 Å². The van der Waals surface area contributed by atoms with Crippen molar-refractivity contribution in [3.05, 3.63) is 42.9 Å². The zero-order valence-electron chi connectivity index (χ0n) is 14.6. The van der Waals surface area contributed by atoms with Gasteiger partial charge in [-0.1, -0.05) is 12.1 Å². The van der Waals surface area contributed by atoms with Gasteiger partial charge in [0.25, 0.3) is 0 Å². The highest BCUT2D eigenvalue weighted by molar-refractivity contribution is 7.84. The molecule has 0 radical (unpaired) electrons. The third-order valence-electron chi connectivity index (χ3n) is 4.72. The van der Waals surface area contributed by atoms with Crippen LogP contribution in [0.1, 0.15) is 41.5 Å². The van der Waals surface area contributed by atoms with E-state index in [9.17, 15) is 0 Å². The molecule has 0 saturated carbocycles. The fourth-order valence-corrected chi connectivity index (χ4v) is 10.1. The third kappa shape index (κ3) is 2.94. The Morgan fingerprint density at radius 3 is 2.00 bits per heavy atom. The van der Waals surface area contributed by atoms with E-state index >= 15 is 0 Å². The molecule has 0 atom stereocenters. The van der Waals surface area contributed by atoms with Gasteiger partial charge in [-0.15, -0.1) is 0 Å². The van der Waals surface area contributed by atoms with Gasteiger partial charge in [0.05, 0.1) is 41.4 Å². The van der Waals surface area contributed by atoms with E-state index in [4.69, 9.17) is 0 Å². The first-order chi connectivity index (χ1) is 10.4. The molecule has 0 unspecified atom stereocenters. The van der Waals surface area contributed by atoms with Crippen LogP contribution in [0.4, 0.5) is 0 Å². The summed E-state index contributed by atoms with van der Waals surface area (Å²) < 4.78 is 0. The number of benzene rings is 1. The molecule has 0 fully saturated rings. The second-order valence-electron chi connectivity index (χ2n) is 6.76. The highest BCUT2D eigenvalue weighted by atomic mass is 31.2. The molecule has 2 aromatic rings. The van der Waals surface area contributed by atoms with Crippen LogP contribution in [0.3, 0.4) is 0 Å². The van der Waals surface area contributed by atoms with Crippen LogP contribution in [0.5, 0.6) is 0 Å². The van der Waals surface area contributed by atoms with Crippen molar-refractivity contribution in [2.75, 3.05) is 0 Å². The Bertz CT molecular complexity index is 584. The molecule has 0 amide bonds. The minimum Gasteiger partial charge on any atom is -0.261 e. The van der Waals surface area contributed by atoms with Crippen molar-refractivity contribution >= 4 is 12.6 Å². The first-order valence-electron chi connectivity index (χ1n) is 8.15. The zero-order valence-corrected chi connectivity index (χ0v) is 15.5. The zero-order chi connectivity index (χ0) is 16.3. The predicted octanol–water partition coefficient (Wildman–Crippen LogP) is 5.01. The first-order valence-corrected chi connectivity index (χ1v) is 10.2. The molecule has 3 heteroatoms. The minimum atomic E-state index is -1.26. The summed E-state index contributed by atoms with van der Waals surface area (Å²) in [5.41, 5.74) is 4.19. The van der Waals surface area contributed by atoms with Crippen LogP contribution >= 0.6 is 7.26 Å². The maximum atomic E-state index is 4.46. The number of hydrogen-bond donors (Lipinski definition) is 0. The molecule has 0 spiro atoms. The topological polar surface area (TPSA) is 25.8 Å². The summed E-state index contributed by atoms with van der Waals surface area (Å²) in [6.45, 7) is 14.3. The highest BCUT2D eigenvalue weighted by Crippen LogP contribution is 2.69. The maximum absolute atomic E-state index is 4.46. The molecule has 22 heavy (non-hydrogen) atoms. The van der Waals surface area contributed by atoms with E-state index in [2.05, 4.69) is 75.8 Å². The molecule has 1 aromatic carbocycles. The van der Waals surface area contributed by atoms with Gasteiger partial charge >= 0.3 is 0 Å². The van der Waals surface area contributed by atoms with Gasteiger partial charge in [0.1, 0.15) is 0 Å². The molecule has 118 valence electrons. The number of aromatic nitrogens is 2. The summed E-state index contributed by atoms with van der Waals surface area (Å²) in [4.78, 5) is 8.66. The molecule has 0 aliphatic rings. The lowest BCUT2D eigenvalue weighted by Gasteiger charge is -2.38. The van der Waals surface area contributed by atoms with Crippen molar-refractivity contribution in [2.45, 2.75) is 58.5 Å². The van der Waals surface area contributed by atoms with Gasteiger partial charge in [0.2, 0.25) is 0 Å². The first kappa shape index (κ1) is 17.1. The number of nitrogens with zero attached hydrogens (tertiary/aromatic N) is 2. The highest BCUT2D eigenvalue weighted by Gasteiger charge is 2.49. The summed E-state index contributed by atoms with van der Waals surface area (Å²) in [5, 5.41) is 1.52. The second-order valence-corrected chi connectivity index (χ2v) is 12.0. The van der Waals surface area contributed by atoms with Crippen LogP contribution in [-0.2, 0) is 0 Å². The van der Waals surface area contributed by atoms with Crippen molar-refractivity contribution in [1.29, 1.82) is 0 Å². The normalized spacial score (nSPS) is 12.4. The predicted molar refractivity (Wildman–Crippen MR) is 99.4 cm³/mol. The minimum absolute atomic E-state index is 0.685. The van der Waals surface area contributed by atoms with Crippen molar-refractivity contribution in [3.8, 4) is 11.3 Å². The van der Waals surface area contributed by atoms with Crippen LogP contribution in [0.15, 0.2) is 42.9 Å². The molecule has 2 nitrogen and oxygen atoms in total. The van der Waals surface area contributed by atoms with Crippen LogP contribution in [0.2, 0.25) is 0 Å². The second kappa shape index (κ2) is 6.87. The maximum Gasteiger partial charge on any atom is 0.0954 e. The molecule has 1 aromatic heterocycles. The smallest absolute Gasteiger partial charge is 0.0954 e. The van der Waals surface area contributed by atoms with Crippen LogP contribution in [0.25, 0.3) is 11.3 Å². The standard InChI is InChI=1S/C19H28N2P/c1-14(2)22(15(3)4,16(5)6)18-9-7-8-17(12-18)19-13-20-10-11-21-19/h7-16H,1-6H3/q+1. The average molecular weight is 315 g/mol. The lowest BCUT2D eigenvalue weighted by atomic mass is 10.2. The van der Waals surface area contributed by atoms with Gasteiger partial charge in [-0.3, -0.25) is 9.97 Å². The molecule has 0 N–H and O–H groups in total. The monoisotopic (exact) mass is 315 g/mol. The number of hydrogen-bond acceptors (Lipinski definition) is 2. The molecular weight excluding hydrogens is 287 g/mol. The van der Waals surface area contributed by atoms with Crippen LogP contribution in [-0.4, -0.2) is 26.9 Å². The fourth-order valence-electron chi connectivity index (χ4n) is 4.04. The van der Waals surface area contributed by atoms with Crippen molar-refractivity contribution in [2.24, 2.45) is 0 Å². The quantitative estimate of drug-likeness (QED) is 0.725. The summed E-state index contributed by atoms with van der Waals surface area (Å²) >= 11 is 0.